The number of nitro benzene ring substituents is 1. The van der Waals surface area contributed by atoms with E-state index < -0.39 is 0 Å². The Bertz CT molecular complexity index is 620. The summed E-state index contributed by atoms with van der Waals surface area (Å²) in [6.45, 7) is 2.06. The van der Waals surface area contributed by atoms with Gasteiger partial charge in [-0.05, 0) is 19.4 Å². The van der Waals surface area contributed by atoms with Crippen molar-refractivity contribution in [2.24, 2.45) is 0 Å². The summed E-state index contributed by atoms with van der Waals surface area (Å²) in [5, 5.41) is 17.3. The van der Waals surface area contributed by atoms with Crippen molar-refractivity contribution in [3.05, 3.63) is 44.8 Å². The lowest BCUT2D eigenvalue weighted by atomic mass is 10.0. The second kappa shape index (κ2) is 5.68. The number of nitrogens with one attached hydrogen (secondary N) is 1. The molecule has 0 radical (unpaired) electrons. The summed E-state index contributed by atoms with van der Waals surface area (Å²) in [4.78, 5) is 15.1. The molecule has 0 amide bonds. The molecule has 0 bridgehead atoms. The number of nitro groups is 1. The van der Waals surface area contributed by atoms with Crippen LogP contribution in [0, 0.1) is 10.1 Å². The second-order valence-corrected chi connectivity index (χ2v) is 5.81. The zero-order chi connectivity index (χ0) is 13.9. The third-order valence-corrected chi connectivity index (χ3v) is 4.53. The quantitative estimate of drug-likeness (QED) is 0.696. The molecule has 0 spiro atoms. The molecule has 1 fully saturated rings. The second-order valence-electron chi connectivity index (χ2n) is 4.92. The van der Waals surface area contributed by atoms with Gasteiger partial charge >= 0.3 is 0 Å². The first-order valence-corrected chi connectivity index (χ1v) is 7.53. The van der Waals surface area contributed by atoms with Gasteiger partial charge < -0.3 is 5.32 Å². The van der Waals surface area contributed by atoms with E-state index in [1.165, 1.54) is 12.5 Å². The van der Waals surface area contributed by atoms with Crippen molar-refractivity contribution in [2.45, 2.75) is 18.8 Å². The number of non-ortho nitro benzene ring substituents is 1. The highest BCUT2D eigenvalue weighted by molar-refractivity contribution is 7.10. The molecule has 1 aliphatic rings. The summed E-state index contributed by atoms with van der Waals surface area (Å²) in [6, 6.07) is 6.65. The molecule has 1 aliphatic heterocycles. The molecule has 1 atom stereocenters. The summed E-state index contributed by atoms with van der Waals surface area (Å²) < 4.78 is 0. The number of thiazole rings is 1. The van der Waals surface area contributed by atoms with Crippen LogP contribution in [0.1, 0.15) is 23.8 Å². The van der Waals surface area contributed by atoms with Gasteiger partial charge in [0.15, 0.2) is 0 Å². The zero-order valence-corrected chi connectivity index (χ0v) is 11.7. The predicted molar refractivity (Wildman–Crippen MR) is 79.0 cm³/mol. The molecule has 20 heavy (non-hydrogen) atoms. The molecule has 1 aromatic heterocycles. The number of hydrogen-bond donors (Lipinski definition) is 1. The molecule has 1 N–H and O–H groups in total. The van der Waals surface area contributed by atoms with E-state index >= 15 is 0 Å². The van der Waals surface area contributed by atoms with E-state index in [1.54, 1.807) is 23.5 Å². The van der Waals surface area contributed by atoms with Crippen LogP contribution in [0.3, 0.4) is 0 Å². The lowest BCUT2D eigenvalue weighted by Crippen LogP contribution is -2.28. The molecule has 5 nitrogen and oxygen atoms in total. The molecule has 1 saturated heterocycles. The minimum atomic E-state index is -0.373. The summed E-state index contributed by atoms with van der Waals surface area (Å²) in [5.74, 6) is 0.473. The molecule has 1 aromatic carbocycles. The SMILES string of the molecule is O=[N+]([O-])c1cccc(-c2csc(C3CCCNC3)n2)c1. The number of rotatable bonds is 3. The van der Waals surface area contributed by atoms with Crippen LogP contribution in [-0.4, -0.2) is 23.0 Å². The summed E-state index contributed by atoms with van der Waals surface area (Å²) in [7, 11) is 0. The minimum absolute atomic E-state index is 0.108. The monoisotopic (exact) mass is 289 g/mol. The van der Waals surface area contributed by atoms with Crippen LogP contribution in [0.5, 0.6) is 0 Å². The maximum Gasteiger partial charge on any atom is 0.270 e. The van der Waals surface area contributed by atoms with Gasteiger partial charge in [-0.1, -0.05) is 12.1 Å². The fourth-order valence-corrected chi connectivity index (χ4v) is 3.41. The van der Waals surface area contributed by atoms with Crippen LogP contribution >= 0.6 is 11.3 Å². The maximum atomic E-state index is 10.8. The van der Waals surface area contributed by atoms with Gasteiger partial charge in [0.2, 0.25) is 0 Å². The summed E-state index contributed by atoms with van der Waals surface area (Å²) in [5.41, 5.74) is 1.75. The van der Waals surface area contributed by atoms with E-state index in [-0.39, 0.29) is 10.6 Å². The Labute approximate surface area is 120 Å². The third kappa shape index (κ3) is 2.71. The van der Waals surface area contributed by atoms with Crippen LogP contribution in [0.4, 0.5) is 5.69 Å². The van der Waals surface area contributed by atoms with E-state index in [4.69, 9.17) is 0 Å². The van der Waals surface area contributed by atoms with Crippen LogP contribution in [0.15, 0.2) is 29.6 Å². The number of piperidine rings is 1. The van der Waals surface area contributed by atoms with Crippen LogP contribution in [-0.2, 0) is 0 Å². The van der Waals surface area contributed by atoms with Crippen LogP contribution in [0.2, 0.25) is 0 Å². The van der Waals surface area contributed by atoms with Crippen molar-refractivity contribution < 1.29 is 4.92 Å². The molecule has 1 unspecified atom stereocenters. The van der Waals surface area contributed by atoms with Gasteiger partial charge in [-0.3, -0.25) is 10.1 Å². The lowest BCUT2D eigenvalue weighted by molar-refractivity contribution is -0.384. The van der Waals surface area contributed by atoms with Crippen molar-refractivity contribution in [3.8, 4) is 11.3 Å². The van der Waals surface area contributed by atoms with Crippen molar-refractivity contribution in [2.75, 3.05) is 13.1 Å². The normalized spacial score (nSPS) is 18.9. The molecular weight excluding hydrogens is 274 g/mol. The van der Waals surface area contributed by atoms with Gasteiger partial charge in [-0.2, -0.15) is 0 Å². The molecule has 6 heteroatoms. The van der Waals surface area contributed by atoms with Gasteiger partial charge in [0.1, 0.15) is 0 Å². The van der Waals surface area contributed by atoms with Crippen molar-refractivity contribution in [1.29, 1.82) is 0 Å². The summed E-state index contributed by atoms with van der Waals surface area (Å²) >= 11 is 1.64. The van der Waals surface area contributed by atoms with Crippen molar-refractivity contribution in [1.82, 2.24) is 10.3 Å². The standard InChI is InChI=1S/C14H15N3O2S/c18-17(19)12-5-1-3-10(7-12)13-9-20-14(16-13)11-4-2-6-15-8-11/h1,3,5,7,9,11,15H,2,4,6,8H2. The molecule has 2 heterocycles. The molecule has 0 saturated carbocycles. The Morgan fingerprint density at radius 2 is 2.35 bits per heavy atom. The average molecular weight is 289 g/mol. The Morgan fingerprint density at radius 1 is 1.45 bits per heavy atom. The van der Waals surface area contributed by atoms with E-state index in [0.29, 0.717) is 5.92 Å². The highest BCUT2D eigenvalue weighted by Crippen LogP contribution is 2.31. The molecule has 0 aliphatic carbocycles. The lowest BCUT2D eigenvalue weighted by Gasteiger charge is -2.20. The van der Waals surface area contributed by atoms with E-state index in [1.807, 2.05) is 11.4 Å². The van der Waals surface area contributed by atoms with Crippen molar-refractivity contribution in [3.63, 3.8) is 0 Å². The number of nitrogens with zero attached hydrogens (tertiary/aromatic N) is 2. The molecule has 2 aromatic rings. The zero-order valence-electron chi connectivity index (χ0n) is 10.9. The fourth-order valence-electron chi connectivity index (χ4n) is 2.45. The first kappa shape index (κ1) is 13.2. The first-order valence-electron chi connectivity index (χ1n) is 6.65. The third-order valence-electron chi connectivity index (χ3n) is 3.52. The van der Waals surface area contributed by atoms with Gasteiger partial charge in [0, 0.05) is 35.5 Å². The topological polar surface area (TPSA) is 68.1 Å². The number of benzene rings is 1. The van der Waals surface area contributed by atoms with Gasteiger partial charge in [-0.15, -0.1) is 11.3 Å². The number of hydrogen-bond acceptors (Lipinski definition) is 5. The maximum absolute atomic E-state index is 10.8. The van der Waals surface area contributed by atoms with Gasteiger partial charge in [0.25, 0.3) is 5.69 Å². The van der Waals surface area contributed by atoms with Crippen LogP contribution < -0.4 is 5.32 Å². The number of aromatic nitrogens is 1. The molecule has 3 rings (SSSR count). The van der Waals surface area contributed by atoms with Crippen LogP contribution in [0.25, 0.3) is 11.3 Å². The fraction of sp³-hybridized carbons (Fsp3) is 0.357. The van der Waals surface area contributed by atoms with Gasteiger partial charge in [0.05, 0.1) is 15.6 Å². The first-order chi connectivity index (χ1) is 9.74. The van der Waals surface area contributed by atoms with E-state index in [9.17, 15) is 10.1 Å². The van der Waals surface area contributed by atoms with Gasteiger partial charge in [-0.25, -0.2) is 4.98 Å². The minimum Gasteiger partial charge on any atom is -0.316 e. The van der Waals surface area contributed by atoms with E-state index in [0.717, 1.165) is 35.8 Å². The molecule has 104 valence electrons. The average Bonchev–Trinajstić information content (AvgIpc) is 2.98. The predicted octanol–water partition coefficient (Wildman–Crippen LogP) is 3.19. The largest absolute Gasteiger partial charge is 0.316 e. The Kier molecular flexibility index (Phi) is 3.75. The summed E-state index contributed by atoms with van der Waals surface area (Å²) in [6.07, 6.45) is 2.34. The highest BCUT2D eigenvalue weighted by Gasteiger charge is 2.19. The highest BCUT2D eigenvalue weighted by atomic mass is 32.1. The molecular formula is C14H15N3O2S. The Morgan fingerprint density at radius 3 is 3.10 bits per heavy atom. The Hall–Kier alpha value is -1.79. The Balaban J connectivity index is 1.85. The smallest absolute Gasteiger partial charge is 0.270 e. The van der Waals surface area contributed by atoms with Crippen molar-refractivity contribution >= 4 is 17.0 Å². The van der Waals surface area contributed by atoms with E-state index in [2.05, 4.69) is 10.3 Å².